The van der Waals surface area contributed by atoms with Gasteiger partial charge in [0.25, 0.3) is 11.8 Å². The van der Waals surface area contributed by atoms with E-state index < -0.39 is 18.4 Å². The zero-order valence-corrected chi connectivity index (χ0v) is 19.2. The molecule has 0 spiro atoms. The molecule has 2 amide bonds. The number of alkyl halides is 2. The van der Waals surface area contributed by atoms with Crippen LogP contribution in [-0.2, 0) is 4.79 Å². The van der Waals surface area contributed by atoms with Crippen molar-refractivity contribution in [2.75, 3.05) is 24.4 Å². The summed E-state index contributed by atoms with van der Waals surface area (Å²) in [5.41, 5.74) is 1.10. The normalized spacial score (nSPS) is 10.7. The lowest BCUT2D eigenvalue weighted by atomic mass is 10.1. The molecule has 0 unspecified atom stereocenters. The molecule has 4 aromatic rings. The number of nitrogens with one attached hydrogen (secondary N) is 2. The summed E-state index contributed by atoms with van der Waals surface area (Å²) in [5, 5.41) is 7.08. The summed E-state index contributed by atoms with van der Waals surface area (Å²) >= 11 is 0. The molecule has 0 aliphatic rings. The smallest absolute Gasteiger partial charge is 0.387 e. The van der Waals surface area contributed by atoms with Crippen molar-refractivity contribution < 1.29 is 32.6 Å². The average Bonchev–Trinajstić information content (AvgIpc) is 2.88. The summed E-state index contributed by atoms with van der Waals surface area (Å²) in [5.74, 6) is -0.242. The standard InChI is InChI=1S/C27H22F2N2O5/c1-34-23-9-5-4-8-22(23)31-26(33)21-14-17-6-2-3-7-18(17)15-24(21)35-16-25(32)30-19-10-12-20(13-11-19)36-27(28)29/h2-15,27H,16H2,1H3,(H,30,32)(H,31,33). The highest BCUT2D eigenvalue weighted by Gasteiger charge is 2.17. The van der Waals surface area contributed by atoms with Gasteiger partial charge in [-0.25, -0.2) is 0 Å². The number of ether oxygens (including phenoxy) is 3. The lowest BCUT2D eigenvalue weighted by Crippen LogP contribution is -2.21. The monoisotopic (exact) mass is 492 g/mol. The van der Waals surface area contributed by atoms with E-state index in [1.54, 1.807) is 36.4 Å². The van der Waals surface area contributed by atoms with E-state index in [9.17, 15) is 18.4 Å². The summed E-state index contributed by atoms with van der Waals surface area (Å²) in [4.78, 5) is 25.6. The largest absolute Gasteiger partial charge is 0.495 e. The van der Waals surface area contributed by atoms with Crippen molar-refractivity contribution in [3.8, 4) is 17.2 Å². The van der Waals surface area contributed by atoms with Crippen LogP contribution >= 0.6 is 0 Å². The first-order chi connectivity index (χ1) is 17.4. The number of rotatable bonds is 9. The van der Waals surface area contributed by atoms with Crippen molar-refractivity contribution in [3.05, 3.63) is 90.5 Å². The fraction of sp³-hybridized carbons (Fsp3) is 0.111. The molecule has 0 bridgehead atoms. The lowest BCUT2D eigenvalue weighted by Gasteiger charge is -2.15. The fourth-order valence-corrected chi connectivity index (χ4v) is 3.51. The van der Waals surface area contributed by atoms with Gasteiger partial charge >= 0.3 is 6.61 Å². The number of fused-ring (bicyclic) bond motifs is 1. The van der Waals surface area contributed by atoms with E-state index in [2.05, 4.69) is 15.4 Å². The van der Waals surface area contributed by atoms with Gasteiger partial charge in [0.15, 0.2) is 6.61 Å². The molecule has 9 heteroatoms. The number of benzene rings is 4. The molecule has 0 heterocycles. The van der Waals surface area contributed by atoms with Crippen LogP contribution in [0.3, 0.4) is 0 Å². The van der Waals surface area contributed by atoms with Crippen LogP contribution in [0.25, 0.3) is 10.8 Å². The first-order valence-corrected chi connectivity index (χ1v) is 10.9. The third-order valence-corrected chi connectivity index (χ3v) is 5.17. The molecule has 2 N–H and O–H groups in total. The second-order valence-corrected chi connectivity index (χ2v) is 7.59. The van der Waals surface area contributed by atoms with Crippen molar-refractivity contribution in [3.63, 3.8) is 0 Å². The van der Waals surface area contributed by atoms with E-state index >= 15 is 0 Å². The molecule has 0 aliphatic heterocycles. The topological polar surface area (TPSA) is 85.9 Å². The van der Waals surface area contributed by atoms with E-state index in [0.29, 0.717) is 17.1 Å². The molecular formula is C27H22F2N2O5. The van der Waals surface area contributed by atoms with Gasteiger partial charge in [-0.15, -0.1) is 0 Å². The molecular weight excluding hydrogens is 470 g/mol. The number of hydrogen-bond donors (Lipinski definition) is 2. The molecule has 7 nitrogen and oxygen atoms in total. The first kappa shape index (κ1) is 24.5. The molecule has 4 aromatic carbocycles. The highest BCUT2D eigenvalue weighted by molar-refractivity contribution is 6.09. The lowest BCUT2D eigenvalue weighted by molar-refractivity contribution is -0.118. The summed E-state index contributed by atoms with van der Waals surface area (Å²) in [6.45, 7) is -3.32. The minimum Gasteiger partial charge on any atom is -0.495 e. The summed E-state index contributed by atoms with van der Waals surface area (Å²) in [7, 11) is 1.51. The summed E-state index contributed by atoms with van der Waals surface area (Å²) < 4.78 is 39.9. The van der Waals surface area contributed by atoms with E-state index in [-0.39, 0.29) is 23.7 Å². The maximum absolute atomic E-state index is 13.2. The maximum Gasteiger partial charge on any atom is 0.387 e. The third-order valence-electron chi connectivity index (χ3n) is 5.17. The zero-order chi connectivity index (χ0) is 25.5. The number of halogens is 2. The Morgan fingerprint density at radius 2 is 1.50 bits per heavy atom. The predicted molar refractivity (Wildman–Crippen MR) is 132 cm³/mol. The molecule has 0 saturated heterocycles. The number of methoxy groups -OCH3 is 1. The molecule has 0 aromatic heterocycles. The molecule has 36 heavy (non-hydrogen) atoms. The molecule has 184 valence electrons. The number of anilines is 2. The van der Waals surface area contributed by atoms with Crippen molar-refractivity contribution in [1.82, 2.24) is 0 Å². The first-order valence-electron chi connectivity index (χ1n) is 10.9. The third kappa shape index (κ3) is 6.06. The Morgan fingerprint density at radius 3 is 2.19 bits per heavy atom. The number of para-hydroxylation sites is 2. The maximum atomic E-state index is 13.2. The van der Waals surface area contributed by atoms with E-state index in [0.717, 1.165) is 10.8 Å². The number of amides is 2. The second kappa shape index (κ2) is 11.2. The molecule has 0 saturated carbocycles. The van der Waals surface area contributed by atoms with E-state index in [1.807, 2.05) is 24.3 Å². The van der Waals surface area contributed by atoms with Gasteiger partial charge in [-0.3, -0.25) is 9.59 Å². The van der Waals surface area contributed by atoms with Crippen LogP contribution in [0.2, 0.25) is 0 Å². The average molecular weight is 492 g/mol. The van der Waals surface area contributed by atoms with Gasteiger partial charge in [0.05, 0.1) is 18.4 Å². The SMILES string of the molecule is COc1ccccc1NC(=O)c1cc2ccccc2cc1OCC(=O)Nc1ccc(OC(F)F)cc1. The second-order valence-electron chi connectivity index (χ2n) is 7.59. The van der Waals surface area contributed by atoms with E-state index in [1.165, 1.54) is 31.4 Å². The van der Waals surface area contributed by atoms with Crippen LogP contribution in [0.1, 0.15) is 10.4 Å². The van der Waals surface area contributed by atoms with Crippen LogP contribution in [0.5, 0.6) is 17.2 Å². The van der Waals surface area contributed by atoms with Gasteiger partial charge in [0.2, 0.25) is 0 Å². The number of hydrogen-bond acceptors (Lipinski definition) is 5. The van der Waals surface area contributed by atoms with Crippen molar-refractivity contribution in [2.45, 2.75) is 6.61 Å². The summed E-state index contributed by atoms with van der Waals surface area (Å²) in [6.07, 6.45) is 0. The minimum atomic E-state index is -2.94. The predicted octanol–water partition coefficient (Wildman–Crippen LogP) is 5.72. The fourth-order valence-electron chi connectivity index (χ4n) is 3.51. The minimum absolute atomic E-state index is 0.0267. The number of carbonyl (C=O) groups is 2. The number of carbonyl (C=O) groups excluding carboxylic acids is 2. The van der Waals surface area contributed by atoms with Crippen molar-refractivity contribution in [1.29, 1.82) is 0 Å². The highest BCUT2D eigenvalue weighted by Crippen LogP contribution is 2.29. The van der Waals surface area contributed by atoms with Crippen molar-refractivity contribution >= 4 is 34.0 Å². The van der Waals surface area contributed by atoms with Crippen LogP contribution in [-0.4, -0.2) is 32.1 Å². The van der Waals surface area contributed by atoms with Crippen LogP contribution < -0.4 is 24.8 Å². The quantitative estimate of drug-likeness (QED) is 0.312. The molecule has 4 rings (SSSR count). The Bertz CT molecular complexity index is 1380. The molecule has 0 atom stereocenters. The van der Waals surface area contributed by atoms with E-state index in [4.69, 9.17) is 9.47 Å². The zero-order valence-electron chi connectivity index (χ0n) is 19.2. The van der Waals surface area contributed by atoms with Gasteiger partial charge in [-0.2, -0.15) is 8.78 Å². The Kier molecular flexibility index (Phi) is 7.60. The van der Waals surface area contributed by atoms with Gasteiger partial charge in [-0.05, 0) is 59.3 Å². The Morgan fingerprint density at radius 1 is 0.833 bits per heavy atom. The van der Waals surface area contributed by atoms with Crippen LogP contribution in [0.15, 0.2) is 84.9 Å². The molecule has 0 radical (unpaired) electrons. The molecule has 0 fully saturated rings. The Labute approximate surface area is 205 Å². The van der Waals surface area contributed by atoms with Gasteiger partial charge < -0.3 is 24.8 Å². The Balaban J connectivity index is 1.51. The van der Waals surface area contributed by atoms with Gasteiger partial charge in [-0.1, -0.05) is 36.4 Å². The van der Waals surface area contributed by atoms with Gasteiger partial charge in [0, 0.05) is 5.69 Å². The van der Waals surface area contributed by atoms with Crippen LogP contribution in [0, 0.1) is 0 Å². The van der Waals surface area contributed by atoms with Gasteiger partial charge in [0.1, 0.15) is 17.2 Å². The van der Waals surface area contributed by atoms with Crippen molar-refractivity contribution in [2.24, 2.45) is 0 Å². The Hall–Kier alpha value is -4.66. The molecule has 0 aliphatic carbocycles. The highest BCUT2D eigenvalue weighted by atomic mass is 19.3. The summed E-state index contributed by atoms with van der Waals surface area (Å²) in [6, 6.07) is 23.3. The van der Waals surface area contributed by atoms with Crippen LogP contribution in [0.4, 0.5) is 20.2 Å².